The monoisotopic (exact) mass is 939 g/mol. The second kappa shape index (κ2) is 22.7. The fourth-order valence-electron chi connectivity index (χ4n) is 8.47. The number of fused-ring (bicyclic) bond motifs is 2. The van der Waals surface area contributed by atoms with Crippen LogP contribution in [0.5, 0.6) is 0 Å². The first kappa shape index (κ1) is 52.6. The standard InChI is InChI=1S/C45H53N7O7.4H2S/c1-7-26(4)40(50-45(57)59-6)43(55)51-18-8-10-36(51)34-23-38(53)32-17-16-30(22-33(32)47-34)28-12-13-29-21-31(15-14-27(29)20-28)35-24-46-41(48-35)37-11-9-19-52(37)42(54)39(25(2)3)49-44(56)58-5;;;;/h12-17,20-26,36-37,39-40H,7-11,18-19H2,1-6H3,(H,46,48)(H,47,53)(H,49,56)(H,50,57);4*1H2/t26-,36?,37-,39-,40-;;;;/m0..../s1. The van der Waals surface area contributed by atoms with Gasteiger partial charge >= 0.3 is 12.2 Å². The van der Waals surface area contributed by atoms with Gasteiger partial charge in [-0.25, -0.2) is 14.6 Å². The number of imidazole rings is 1. The van der Waals surface area contributed by atoms with Crippen molar-refractivity contribution in [3.05, 3.63) is 88.6 Å². The topological polar surface area (TPSA) is 179 Å². The van der Waals surface area contributed by atoms with Crippen molar-refractivity contribution in [3.63, 3.8) is 0 Å². The number of hydrogen-bond donors (Lipinski definition) is 4. The minimum absolute atomic E-state index is 0. The molecule has 5 aromatic rings. The lowest BCUT2D eigenvalue weighted by Crippen LogP contribution is -2.51. The lowest BCUT2D eigenvalue weighted by Gasteiger charge is -2.31. The third kappa shape index (κ3) is 11.1. The number of amides is 4. The van der Waals surface area contributed by atoms with E-state index in [1.807, 2.05) is 52.0 Å². The Balaban J connectivity index is 0.00000264. The van der Waals surface area contributed by atoms with Crippen LogP contribution in [-0.2, 0) is 19.1 Å². The average molecular weight is 940 g/mol. The third-order valence-electron chi connectivity index (χ3n) is 12.0. The van der Waals surface area contributed by atoms with Gasteiger partial charge in [-0.3, -0.25) is 14.4 Å². The van der Waals surface area contributed by atoms with Crippen molar-refractivity contribution < 1.29 is 28.7 Å². The molecule has 4 heterocycles. The Morgan fingerprint density at radius 1 is 0.730 bits per heavy atom. The van der Waals surface area contributed by atoms with Gasteiger partial charge in [0.15, 0.2) is 5.43 Å². The van der Waals surface area contributed by atoms with Crippen molar-refractivity contribution in [2.75, 3.05) is 27.3 Å². The maximum atomic E-state index is 13.9. The summed E-state index contributed by atoms with van der Waals surface area (Å²) < 4.78 is 9.58. The van der Waals surface area contributed by atoms with Gasteiger partial charge in [0.05, 0.1) is 43.7 Å². The molecule has 63 heavy (non-hydrogen) atoms. The lowest BCUT2D eigenvalue weighted by atomic mass is 9.97. The number of carbonyl (C=O) groups excluding carboxylic acids is 4. The molecule has 4 N–H and O–H groups in total. The number of hydrogen-bond acceptors (Lipinski definition) is 8. The minimum atomic E-state index is -0.741. The molecule has 18 heteroatoms. The number of methoxy groups -OCH3 is 2. The molecular weight excluding hydrogens is 879 g/mol. The summed E-state index contributed by atoms with van der Waals surface area (Å²) in [4.78, 5) is 80.3. The molecule has 0 bridgehead atoms. The van der Waals surface area contributed by atoms with Crippen LogP contribution in [0.15, 0.2) is 71.7 Å². The van der Waals surface area contributed by atoms with E-state index in [4.69, 9.17) is 14.5 Å². The number of nitrogens with zero attached hydrogens (tertiary/aromatic N) is 3. The van der Waals surface area contributed by atoms with Crippen LogP contribution < -0.4 is 16.1 Å². The van der Waals surface area contributed by atoms with Gasteiger partial charge in [0.25, 0.3) is 0 Å². The van der Waals surface area contributed by atoms with Crippen molar-refractivity contribution in [1.29, 1.82) is 0 Å². The number of nitrogens with one attached hydrogen (secondary N) is 4. The van der Waals surface area contributed by atoms with Gasteiger partial charge in [-0.1, -0.05) is 64.4 Å². The molecule has 3 aromatic carbocycles. The molecule has 342 valence electrons. The Labute approximate surface area is 395 Å². The molecular formula is C45H61N7O7S4. The van der Waals surface area contributed by atoms with Crippen LogP contribution in [-0.4, -0.2) is 88.1 Å². The number of aromatic nitrogens is 3. The molecule has 0 aliphatic carbocycles. The van der Waals surface area contributed by atoms with Crippen molar-refractivity contribution in [2.45, 2.75) is 84.0 Å². The number of H-pyrrole nitrogens is 2. The van der Waals surface area contributed by atoms with E-state index >= 15 is 0 Å². The number of pyridine rings is 1. The van der Waals surface area contributed by atoms with Gasteiger partial charge in [0.1, 0.15) is 17.9 Å². The smallest absolute Gasteiger partial charge is 0.407 e. The maximum Gasteiger partial charge on any atom is 0.407 e. The predicted molar refractivity (Wildman–Crippen MR) is 267 cm³/mol. The Hall–Kier alpha value is -4.78. The Bertz CT molecular complexity index is 2460. The summed E-state index contributed by atoms with van der Waals surface area (Å²) in [6.07, 6.45) is 4.27. The normalized spacial score (nSPS) is 17.1. The molecule has 1 unspecified atom stereocenters. The summed E-state index contributed by atoms with van der Waals surface area (Å²) in [6, 6.07) is 17.8. The fraction of sp³-hybridized carbons (Fsp3) is 0.422. The highest BCUT2D eigenvalue weighted by molar-refractivity contribution is 7.59. The van der Waals surface area contributed by atoms with Gasteiger partial charge in [0.2, 0.25) is 11.8 Å². The second-order valence-corrected chi connectivity index (χ2v) is 16.0. The maximum absolute atomic E-state index is 13.9. The molecule has 0 radical (unpaired) electrons. The van der Waals surface area contributed by atoms with Crippen LogP contribution in [0.2, 0.25) is 0 Å². The highest BCUT2D eigenvalue weighted by Gasteiger charge is 2.39. The molecule has 2 aliphatic heterocycles. The number of likely N-dealkylation sites (tertiary alicyclic amines) is 2. The SMILES string of the molecule is CC[C@H](C)[C@H](NC(=O)OC)C(=O)N1CCCC1c1cc(=O)c2ccc(-c3ccc4cc(-c5cnc([C@@H]6CCCN6C(=O)[C@@H](NC(=O)OC)C(C)C)[nH]5)ccc4c3)cc2[nH]1.S.S.S.S. The molecule has 0 saturated carbocycles. The van der Waals surface area contributed by atoms with Gasteiger partial charge in [-0.2, -0.15) is 54.0 Å². The van der Waals surface area contributed by atoms with Gasteiger partial charge in [-0.05, 0) is 83.7 Å². The van der Waals surface area contributed by atoms with Crippen LogP contribution in [0, 0.1) is 11.8 Å². The van der Waals surface area contributed by atoms with Crippen LogP contribution in [0.3, 0.4) is 0 Å². The Morgan fingerprint density at radius 2 is 1.27 bits per heavy atom. The highest BCUT2D eigenvalue weighted by Crippen LogP contribution is 2.36. The fourth-order valence-corrected chi connectivity index (χ4v) is 8.47. The zero-order chi connectivity index (χ0) is 42.0. The van der Waals surface area contributed by atoms with Gasteiger partial charge < -0.3 is 39.9 Å². The van der Waals surface area contributed by atoms with Crippen LogP contribution in [0.25, 0.3) is 44.1 Å². The Kier molecular flexibility index (Phi) is 19.0. The first-order valence-corrected chi connectivity index (χ1v) is 20.5. The summed E-state index contributed by atoms with van der Waals surface area (Å²) in [5.74, 6) is 0.137. The van der Waals surface area contributed by atoms with Crippen molar-refractivity contribution >= 4 is 99.7 Å². The number of ether oxygens (including phenoxy) is 2. The second-order valence-electron chi connectivity index (χ2n) is 16.0. The first-order chi connectivity index (χ1) is 28.4. The van der Waals surface area contributed by atoms with E-state index < -0.39 is 24.3 Å². The number of alkyl carbamates (subject to hydrolysis) is 2. The van der Waals surface area contributed by atoms with Crippen LogP contribution in [0.1, 0.15) is 83.4 Å². The summed E-state index contributed by atoms with van der Waals surface area (Å²) in [5, 5.41) is 8.06. The zero-order valence-corrected chi connectivity index (χ0v) is 40.5. The van der Waals surface area contributed by atoms with Gasteiger partial charge in [-0.15, -0.1) is 0 Å². The third-order valence-corrected chi connectivity index (χ3v) is 12.0. The predicted octanol–water partition coefficient (Wildman–Crippen LogP) is 7.67. The molecule has 14 nitrogen and oxygen atoms in total. The first-order valence-electron chi connectivity index (χ1n) is 20.5. The largest absolute Gasteiger partial charge is 0.453 e. The van der Waals surface area contributed by atoms with E-state index in [0.717, 1.165) is 52.4 Å². The molecule has 4 amide bonds. The molecule has 7 rings (SSSR count). The summed E-state index contributed by atoms with van der Waals surface area (Å²) in [7, 11) is 2.56. The van der Waals surface area contributed by atoms with Crippen LogP contribution in [0.4, 0.5) is 9.59 Å². The van der Waals surface area contributed by atoms with E-state index in [1.165, 1.54) is 14.2 Å². The Morgan fingerprint density at radius 3 is 1.89 bits per heavy atom. The molecule has 2 fully saturated rings. The van der Waals surface area contributed by atoms with E-state index in [0.29, 0.717) is 48.4 Å². The van der Waals surface area contributed by atoms with Gasteiger partial charge in [0, 0.05) is 35.8 Å². The minimum Gasteiger partial charge on any atom is -0.453 e. The van der Waals surface area contributed by atoms with Crippen molar-refractivity contribution in [3.8, 4) is 22.4 Å². The number of aromatic amines is 2. The number of rotatable bonds is 11. The summed E-state index contributed by atoms with van der Waals surface area (Å²) in [5.41, 5.74) is 4.94. The van der Waals surface area contributed by atoms with E-state index in [9.17, 15) is 24.0 Å². The molecule has 2 aromatic heterocycles. The average Bonchev–Trinajstić information content (AvgIpc) is 4.05. The number of carbonyl (C=O) groups is 4. The molecule has 5 atom stereocenters. The lowest BCUT2D eigenvalue weighted by molar-refractivity contribution is -0.136. The zero-order valence-electron chi connectivity index (χ0n) is 36.5. The number of benzene rings is 3. The molecule has 0 spiro atoms. The summed E-state index contributed by atoms with van der Waals surface area (Å²) >= 11 is 0. The highest BCUT2D eigenvalue weighted by atomic mass is 32.1. The van der Waals surface area contributed by atoms with E-state index in [1.54, 1.807) is 22.1 Å². The van der Waals surface area contributed by atoms with Crippen LogP contribution >= 0.6 is 54.0 Å². The quantitative estimate of drug-likeness (QED) is 0.104. The van der Waals surface area contributed by atoms with E-state index in [-0.39, 0.29) is 95.1 Å². The van der Waals surface area contributed by atoms with Crippen molar-refractivity contribution in [2.24, 2.45) is 11.8 Å². The van der Waals surface area contributed by atoms with E-state index in [2.05, 4.69) is 50.9 Å². The summed E-state index contributed by atoms with van der Waals surface area (Å²) in [6.45, 7) is 8.80. The van der Waals surface area contributed by atoms with Crippen molar-refractivity contribution in [1.82, 2.24) is 35.4 Å². The molecule has 2 aliphatic rings. The molecule has 2 saturated heterocycles.